The lowest BCUT2D eigenvalue weighted by molar-refractivity contribution is 0.0523. The lowest BCUT2D eigenvalue weighted by Gasteiger charge is -2.11. The third kappa shape index (κ3) is 3.29. The van der Waals surface area contributed by atoms with Crippen molar-refractivity contribution >= 4 is 11.7 Å². The predicted molar refractivity (Wildman–Crippen MR) is 78.1 cm³/mol. The number of nitrogen functional groups attached to an aromatic ring is 1. The molecule has 0 aliphatic heterocycles. The van der Waals surface area contributed by atoms with Gasteiger partial charge in [-0.3, -0.25) is 0 Å². The number of esters is 1. The van der Waals surface area contributed by atoms with Crippen molar-refractivity contribution in [2.24, 2.45) is 0 Å². The van der Waals surface area contributed by atoms with Crippen molar-refractivity contribution in [3.8, 4) is 11.5 Å². The molecule has 0 heterocycles. The smallest absolute Gasteiger partial charge is 0.342 e. The summed E-state index contributed by atoms with van der Waals surface area (Å²) in [6.07, 6.45) is 0. The van der Waals surface area contributed by atoms with Crippen LogP contribution in [0.5, 0.6) is 11.5 Å². The molecule has 0 unspecified atom stereocenters. The Labute approximate surface area is 118 Å². The molecule has 4 heteroatoms. The van der Waals surface area contributed by atoms with Crippen LogP contribution in [0.3, 0.4) is 0 Å². The van der Waals surface area contributed by atoms with Crippen molar-refractivity contribution < 1.29 is 14.3 Å². The van der Waals surface area contributed by atoms with E-state index < -0.39 is 5.97 Å². The van der Waals surface area contributed by atoms with Gasteiger partial charge in [0.15, 0.2) is 0 Å². The molecule has 0 atom stereocenters. The first-order valence-electron chi connectivity index (χ1n) is 6.41. The number of aryl methyl sites for hydroxylation is 1. The van der Waals surface area contributed by atoms with Crippen LogP contribution in [0.2, 0.25) is 0 Å². The Morgan fingerprint density at radius 3 is 2.70 bits per heavy atom. The molecule has 0 saturated carbocycles. The maximum Gasteiger partial charge on any atom is 0.342 e. The SMILES string of the molecule is CCOC(=O)c1cc(N)ccc1Oc1cccc(C)c1. The maximum atomic E-state index is 11.9. The summed E-state index contributed by atoms with van der Waals surface area (Å²) >= 11 is 0. The van der Waals surface area contributed by atoms with E-state index in [0.29, 0.717) is 29.4 Å². The van der Waals surface area contributed by atoms with Crippen LogP contribution in [0, 0.1) is 6.92 Å². The molecule has 20 heavy (non-hydrogen) atoms. The highest BCUT2D eigenvalue weighted by atomic mass is 16.5. The average molecular weight is 271 g/mol. The molecular formula is C16H17NO3. The number of carbonyl (C=O) groups is 1. The van der Waals surface area contributed by atoms with E-state index in [0.717, 1.165) is 5.56 Å². The van der Waals surface area contributed by atoms with Gasteiger partial charge < -0.3 is 15.2 Å². The number of ether oxygens (including phenoxy) is 2. The van der Waals surface area contributed by atoms with Gasteiger partial charge in [0.2, 0.25) is 0 Å². The van der Waals surface area contributed by atoms with E-state index in [1.54, 1.807) is 25.1 Å². The molecule has 0 fully saturated rings. The van der Waals surface area contributed by atoms with E-state index in [4.69, 9.17) is 15.2 Å². The van der Waals surface area contributed by atoms with E-state index in [1.807, 2.05) is 31.2 Å². The number of hydrogen-bond acceptors (Lipinski definition) is 4. The second-order valence-electron chi connectivity index (χ2n) is 4.39. The molecule has 0 spiro atoms. The van der Waals surface area contributed by atoms with Crippen LogP contribution in [0.25, 0.3) is 0 Å². The van der Waals surface area contributed by atoms with Gasteiger partial charge in [-0.2, -0.15) is 0 Å². The fraction of sp³-hybridized carbons (Fsp3) is 0.188. The van der Waals surface area contributed by atoms with Crippen molar-refractivity contribution in [2.75, 3.05) is 12.3 Å². The number of hydrogen-bond donors (Lipinski definition) is 1. The van der Waals surface area contributed by atoms with E-state index >= 15 is 0 Å². The maximum absolute atomic E-state index is 11.9. The van der Waals surface area contributed by atoms with Gasteiger partial charge in [-0.25, -0.2) is 4.79 Å². The fourth-order valence-electron chi connectivity index (χ4n) is 1.81. The summed E-state index contributed by atoms with van der Waals surface area (Å²) in [5.74, 6) is 0.658. The fourth-order valence-corrected chi connectivity index (χ4v) is 1.81. The summed E-state index contributed by atoms with van der Waals surface area (Å²) in [6, 6.07) is 12.5. The van der Waals surface area contributed by atoms with Gasteiger partial charge >= 0.3 is 5.97 Å². The first-order valence-corrected chi connectivity index (χ1v) is 6.41. The molecule has 4 nitrogen and oxygen atoms in total. The minimum absolute atomic E-state index is 0.303. The molecule has 2 aromatic rings. The summed E-state index contributed by atoms with van der Waals surface area (Å²) < 4.78 is 10.8. The van der Waals surface area contributed by atoms with Crippen LogP contribution >= 0.6 is 0 Å². The number of anilines is 1. The first-order chi connectivity index (χ1) is 9.60. The summed E-state index contributed by atoms with van der Waals surface area (Å²) in [6.45, 7) is 4.03. The largest absolute Gasteiger partial charge is 0.462 e. The molecule has 0 bridgehead atoms. The molecule has 2 N–H and O–H groups in total. The lowest BCUT2D eigenvalue weighted by atomic mass is 10.1. The van der Waals surface area contributed by atoms with Crippen molar-refractivity contribution in [1.82, 2.24) is 0 Å². The zero-order valence-corrected chi connectivity index (χ0v) is 11.6. The summed E-state index contributed by atoms with van der Waals surface area (Å²) in [5, 5.41) is 0. The van der Waals surface area contributed by atoms with Gasteiger partial charge in [0.25, 0.3) is 0 Å². The Balaban J connectivity index is 2.33. The van der Waals surface area contributed by atoms with Crippen molar-refractivity contribution in [3.05, 3.63) is 53.6 Å². The van der Waals surface area contributed by atoms with E-state index in [9.17, 15) is 4.79 Å². The highest BCUT2D eigenvalue weighted by molar-refractivity contribution is 5.93. The molecule has 0 aromatic heterocycles. The monoisotopic (exact) mass is 271 g/mol. The Kier molecular flexibility index (Phi) is 4.25. The molecule has 0 saturated heterocycles. The molecule has 0 aliphatic rings. The normalized spacial score (nSPS) is 10.1. The Morgan fingerprint density at radius 1 is 1.20 bits per heavy atom. The van der Waals surface area contributed by atoms with E-state index in [1.165, 1.54) is 0 Å². The quantitative estimate of drug-likeness (QED) is 0.682. The van der Waals surface area contributed by atoms with Crippen molar-refractivity contribution in [3.63, 3.8) is 0 Å². The zero-order chi connectivity index (χ0) is 14.5. The van der Waals surface area contributed by atoms with E-state index in [-0.39, 0.29) is 0 Å². The molecule has 0 amide bonds. The minimum Gasteiger partial charge on any atom is -0.462 e. The van der Waals surface area contributed by atoms with Gasteiger partial charge in [-0.15, -0.1) is 0 Å². The average Bonchev–Trinajstić information content (AvgIpc) is 2.41. The molecule has 0 aliphatic carbocycles. The Morgan fingerprint density at radius 2 is 2.00 bits per heavy atom. The van der Waals surface area contributed by atoms with Gasteiger partial charge in [0.05, 0.1) is 6.61 Å². The topological polar surface area (TPSA) is 61.5 Å². The lowest BCUT2D eigenvalue weighted by Crippen LogP contribution is -2.07. The predicted octanol–water partition coefficient (Wildman–Crippen LogP) is 3.55. The number of nitrogens with two attached hydrogens (primary N) is 1. The zero-order valence-electron chi connectivity index (χ0n) is 11.6. The van der Waals surface area contributed by atoms with Crippen LogP contribution < -0.4 is 10.5 Å². The Bertz CT molecular complexity index is 623. The van der Waals surface area contributed by atoms with E-state index in [2.05, 4.69) is 0 Å². The second-order valence-corrected chi connectivity index (χ2v) is 4.39. The van der Waals surface area contributed by atoms with Crippen LogP contribution in [0.4, 0.5) is 5.69 Å². The summed E-state index contributed by atoms with van der Waals surface area (Å²) in [7, 11) is 0. The van der Waals surface area contributed by atoms with Crippen molar-refractivity contribution in [2.45, 2.75) is 13.8 Å². The molecule has 2 aromatic carbocycles. The second kappa shape index (κ2) is 6.10. The van der Waals surface area contributed by atoms with Gasteiger partial charge in [0, 0.05) is 5.69 Å². The molecule has 0 radical (unpaired) electrons. The van der Waals surface area contributed by atoms with Gasteiger partial charge in [0.1, 0.15) is 17.1 Å². The minimum atomic E-state index is -0.442. The van der Waals surface area contributed by atoms with Gasteiger partial charge in [-0.1, -0.05) is 12.1 Å². The number of carbonyl (C=O) groups excluding carboxylic acids is 1. The summed E-state index contributed by atoms with van der Waals surface area (Å²) in [5.41, 5.74) is 7.61. The molecule has 2 rings (SSSR count). The summed E-state index contributed by atoms with van der Waals surface area (Å²) in [4.78, 5) is 11.9. The van der Waals surface area contributed by atoms with Crippen LogP contribution in [-0.4, -0.2) is 12.6 Å². The third-order valence-corrected chi connectivity index (χ3v) is 2.72. The van der Waals surface area contributed by atoms with Crippen LogP contribution in [-0.2, 0) is 4.74 Å². The molecular weight excluding hydrogens is 254 g/mol. The number of benzene rings is 2. The number of rotatable bonds is 4. The Hall–Kier alpha value is -2.49. The van der Waals surface area contributed by atoms with Crippen LogP contribution in [0.1, 0.15) is 22.8 Å². The van der Waals surface area contributed by atoms with Crippen LogP contribution in [0.15, 0.2) is 42.5 Å². The van der Waals surface area contributed by atoms with Gasteiger partial charge in [-0.05, 0) is 49.7 Å². The standard InChI is InChI=1S/C16H17NO3/c1-3-19-16(18)14-10-12(17)7-8-15(14)20-13-6-4-5-11(2)9-13/h4-10H,3,17H2,1-2H3. The first kappa shape index (κ1) is 13.9. The van der Waals surface area contributed by atoms with Crippen molar-refractivity contribution in [1.29, 1.82) is 0 Å². The highest BCUT2D eigenvalue weighted by Gasteiger charge is 2.15. The highest BCUT2D eigenvalue weighted by Crippen LogP contribution is 2.28. The third-order valence-electron chi connectivity index (χ3n) is 2.72. The molecule has 104 valence electrons.